The van der Waals surface area contributed by atoms with Crippen LogP contribution >= 0.6 is 11.3 Å². The van der Waals surface area contributed by atoms with Gasteiger partial charge in [0.25, 0.3) is 11.5 Å². The van der Waals surface area contributed by atoms with E-state index in [1.165, 1.54) is 22.2 Å². The Labute approximate surface area is 194 Å². The van der Waals surface area contributed by atoms with Gasteiger partial charge in [-0.05, 0) is 42.0 Å². The Balaban J connectivity index is 1.27. The van der Waals surface area contributed by atoms with Crippen LogP contribution in [0.15, 0.2) is 71.7 Å². The molecule has 1 amide bonds. The first-order valence-corrected chi connectivity index (χ1v) is 11.8. The first kappa shape index (κ1) is 21.2. The molecule has 33 heavy (non-hydrogen) atoms. The molecule has 0 spiro atoms. The molecule has 0 fully saturated rings. The number of carbonyl (C=O) groups excluding carboxylic acids is 1. The molecule has 0 bridgehead atoms. The molecule has 166 valence electrons. The first-order valence-electron chi connectivity index (χ1n) is 11.0. The molecule has 3 aromatic heterocycles. The summed E-state index contributed by atoms with van der Waals surface area (Å²) in [6.45, 7) is 3.19. The number of rotatable bonds is 7. The summed E-state index contributed by atoms with van der Waals surface area (Å²) in [5.74, 6) is 0.447. The lowest BCUT2D eigenvalue weighted by molar-refractivity contribution is 0.0956. The smallest absolute Gasteiger partial charge is 0.261 e. The van der Waals surface area contributed by atoms with E-state index in [9.17, 15) is 9.59 Å². The van der Waals surface area contributed by atoms with Crippen LogP contribution in [-0.2, 0) is 13.0 Å². The van der Waals surface area contributed by atoms with Gasteiger partial charge in [0.15, 0.2) is 0 Å². The minimum absolute atomic E-state index is 0.156. The molecule has 0 aliphatic heterocycles. The Morgan fingerprint density at radius 1 is 1.09 bits per heavy atom. The van der Waals surface area contributed by atoms with E-state index in [1.54, 1.807) is 0 Å². The molecular weight excluding hydrogens is 432 g/mol. The van der Waals surface area contributed by atoms with E-state index < -0.39 is 0 Å². The lowest BCUT2D eigenvalue weighted by atomic mass is 10.1. The van der Waals surface area contributed by atoms with Gasteiger partial charge >= 0.3 is 0 Å². The normalized spacial score (nSPS) is 11.3. The number of nitrogens with one attached hydrogen (secondary N) is 2. The highest BCUT2D eigenvalue weighted by Gasteiger charge is 2.19. The van der Waals surface area contributed by atoms with Crippen LogP contribution in [0.1, 0.15) is 33.0 Å². The summed E-state index contributed by atoms with van der Waals surface area (Å²) in [6.07, 6.45) is 3.43. The lowest BCUT2D eigenvalue weighted by Crippen LogP contribution is -2.25. The molecule has 0 aliphatic carbocycles. The predicted octanol–water partition coefficient (Wildman–Crippen LogP) is 4.66. The Hall–Kier alpha value is -3.71. The van der Waals surface area contributed by atoms with Crippen LogP contribution in [0.3, 0.4) is 0 Å². The quantitative estimate of drug-likeness (QED) is 0.350. The van der Waals surface area contributed by atoms with Gasteiger partial charge in [0.1, 0.15) is 10.7 Å². The number of carbonyl (C=O) groups is 1. The number of aromatic amines is 1. The van der Waals surface area contributed by atoms with E-state index in [-0.39, 0.29) is 11.5 Å². The molecule has 2 N–H and O–H groups in total. The fraction of sp³-hybridized carbons (Fsp3) is 0.192. The second-order valence-corrected chi connectivity index (χ2v) is 9.09. The number of H-pyrrole nitrogens is 1. The Morgan fingerprint density at radius 3 is 2.73 bits per heavy atom. The van der Waals surface area contributed by atoms with Crippen LogP contribution in [0.25, 0.3) is 21.1 Å². The number of nitrogens with zero attached hydrogens (tertiary/aromatic N) is 2. The van der Waals surface area contributed by atoms with Crippen molar-refractivity contribution < 1.29 is 4.79 Å². The number of thiophene rings is 1. The number of aryl methyl sites for hydroxylation is 2. The highest BCUT2D eigenvalue weighted by molar-refractivity contribution is 7.20. The van der Waals surface area contributed by atoms with Crippen molar-refractivity contribution in [2.75, 3.05) is 6.54 Å². The molecule has 0 radical (unpaired) electrons. The van der Waals surface area contributed by atoms with Crippen molar-refractivity contribution in [3.8, 4) is 0 Å². The van der Waals surface area contributed by atoms with Crippen molar-refractivity contribution in [1.29, 1.82) is 0 Å². The summed E-state index contributed by atoms with van der Waals surface area (Å²) in [5, 5.41) is 4.72. The van der Waals surface area contributed by atoms with Crippen LogP contribution in [0.5, 0.6) is 0 Å². The fourth-order valence-electron chi connectivity index (χ4n) is 4.15. The molecule has 0 saturated carbocycles. The van der Waals surface area contributed by atoms with Crippen molar-refractivity contribution in [2.24, 2.45) is 0 Å². The summed E-state index contributed by atoms with van der Waals surface area (Å²) < 4.78 is 2.20. The fourth-order valence-corrected chi connectivity index (χ4v) is 5.26. The Morgan fingerprint density at radius 2 is 1.88 bits per heavy atom. The number of amides is 1. The number of para-hydroxylation sites is 1. The number of hydrogen-bond donors (Lipinski definition) is 2. The zero-order chi connectivity index (χ0) is 22.8. The van der Waals surface area contributed by atoms with Gasteiger partial charge in [-0.15, -0.1) is 11.3 Å². The zero-order valence-corrected chi connectivity index (χ0v) is 19.1. The van der Waals surface area contributed by atoms with Crippen molar-refractivity contribution >= 4 is 38.4 Å². The molecule has 0 unspecified atom stereocenters. The third-order valence-electron chi connectivity index (χ3n) is 5.81. The molecule has 3 heterocycles. The Kier molecular flexibility index (Phi) is 5.79. The minimum Gasteiger partial charge on any atom is -0.351 e. The van der Waals surface area contributed by atoms with Gasteiger partial charge in [0, 0.05) is 31.2 Å². The van der Waals surface area contributed by atoms with E-state index in [4.69, 9.17) is 0 Å². The maximum atomic E-state index is 12.8. The van der Waals surface area contributed by atoms with Gasteiger partial charge in [0.2, 0.25) is 0 Å². The minimum atomic E-state index is -0.196. The van der Waals surface area contributed by atoms with Gasteiger partial charge in [-0.3, -0.25) is 9.59 Å². The molecule has 5 rings (SSSR count). The molecular formula is C26H24N4O2S. The largest absolute Gasteiger partial charge is 0.351 e. The van der Waals surface area contributed by atoms with Crippen LogP contribution in [0, 0.1) is 6.92 Å². The average Bonchev–Trinajstić information content (AvgIpc) is 3.38. The van der Waals surface area contributed by atoms with Crippen molar-refractivity contribution in [2.45, 2.75) is 26.3 Å². The van der Waals surface area contributed by atoms with E-state index in [2.05, 4.69) is 44.2 Å². The summed E-state index contributed by atoms with van der Waals surface area (Å²) in [4.78, 5) is 34.2. The second-order valence-electron chi connectivity index (χ2n) is 8.09. The standard InChI is InChI=1S/C26H24N4O2S/c1-17-22-24(31)28-21(16-18-8-3-2-4-9-18)29-26(22)33-23(17)25(32)27-13-7-14-30-15-12-19-10-5-6-11-20(19)30/h2-6,8-12,15H,7,13-14,16H2,1H3,(H,27,32)(H,28,29,31). The van der Waals surface area contributed by atoms with Crippen LogP contribution in [0.2, 0.25) is 0 Å². The average molecular weight is 457 g/mol. The molecule has 2 aromatic carbocycles. The second kappa shape index (κ2) is 9.03. The van der Waals surface area contributed by atoms with Crippen LogP contribution in [-0.4, -0.2) is 27.0 Å². The van der Waals surface area contributed by atoms with Crippen LogP contribution < -0.4 is 10.9 Å². The van der Waals surface area contributed by atoms with Gasteiger partial charge in [-0.2, -0.15) is 0 Å². The highest BCUT2D eigenvalue weighted by Crippen LogP contribution is 2.27. The van der Waals surface area contributed by atoms with Gasteiger partial charge in [-0.25, -0.2) is 4.98 Å². The molecule has 0 atom stereocenters. The van der Waals surface area contributed by atoms with Crippen molar-refractivity contribution in [1.82, 2.24) is 19.9 Å². The number of benzene rings is 2. The van der Waals surface area contributed by atoms with Gasteiger partial charge < -0.3 is 14.9 Å². The first-order chi connectivity index (χ1) is 16.1. The number of fused-ring (bicyclic) bond motifs is 2. The molecule has 5 aromatic rings. The maximum Gasteiger partial charge on any atom is 0.261 e. The van der Waals surface area contributed by atoms with E-state index >= 15 is 0 Å². The zero-order valence-electron chi connectivity index (χ0n) is 18.3. The van der Waals surface area contributed by atoms with Gasteiger partial charge in [-0.1, -0.05) is 48.5 Å². The van der Waals surface area contributed by atoms with E-state index in [0.717, 1.165) is 18.5 Å². The molecule has 0 aliphatic rings. The summed E-state index contributed by atoms with van der Waals surface area (Å²) in [6, 6.07) is 20.2. The van der Waals surface area contributed by atoms with Crippen molar-refractivity contribution in [3.63, 3.8) is 0 Å². The SMILES string of the molecule is Cc1c(C(=O)NCCCn2ccc3ccccc32)sc2nc(Cc3ccccc3)[nH]c(=O)c12. The van der Waals surface area contributed by atoms with Crippen LogP contribution in [0.4, 0.5) is 0 Å². The third-order valence-corrected chi connectivity index (χ3v) is 7.00. The number of aromatic nitrogens is 3. The predicted molar refractivity (Wildman–Crippen MR) is 133 cm³/mol. The summed E-state index contributed by atoms with van der Waals surface area (Å²) in [5.41, 5.74) is 2.75. The molecule has 0 saturated heterocycles. The topological polar surface area (TPSA) is 79.8 Å². The molecule has 6 nitrogen and oxygen atoms in total. The lowest BCUT2D eigenvalue weighted by Gasteiger charge is -2.07. The van der Waals surface area contributed by atoms with Crippen molar-refractivity contribution in [3.05, 3.63) is 99.0 Å². The Bertz CT molecular complexity index is 1500. The maximum absolute atomic E-state index is 12.8. The van der Waals surface area contributed by atoms with E-state index in [0.29, 0.717) is 39.4 Å². The monoisotopic (exact) mass is 456 g/mol. The number of hydrogen-bond acceptors (Lipinski definition) is 4. The highest BCUT2D eigenvalue weighted by atomic mass is 32.1. The van der Waals surface area contributed by atoms with E-state index in [1.807, 2.05) is 49.4 Å². The summed E-state index contributed by atoms with van der Waals surface area (Å²) >= 11 is 1.28. The third kappa shape index (κ3) is 4.32. The molecule has 7 heteroatoms. The van der Waals surface area contributed by atoms with Gasteiger partial charge in [0.05, 0.1) is 10.3 Å². The summed E-state index contributed by atoms with van der Waals surface area (Å²) in [7, 11) is 0.